The van der Waals surface area contributed by atoms with Gasteiger partial charge in [-0.2, -0.15) is 0 Å². The van der Waals surface area contributed by atoms with Gasteiger partial charge in [-0.05, 0) is 6.92 Å². The molecule has 1 heterocycles. The average Bonchev–Trinajstić information content (AvgIpc) is 2.31. The van der Waals surface area contributed by atoms with E-state index in [1.807, 2.05) is 6.92 Å². The van der Waals surface area contributed by atoms with Crippen molar-refractivity contribution in [2.24, 2.45) is 5.73 Å². The Morgan fingerprint density at radius 2 is 2.36 bits per heavy atom. The van der Waals surface area contributed by atoms with Crippen molar-refractivity contribution in [3.63, 3.8) is 0 Å². The lowest BCUT2D eigenvalue weighted by Gasteiger charge is -1.98. The Morgan fingerprint density at radius 3 is 2.82 bits per heavy atom. The largest absolute Gasteiger partial charge is 0.416 e. The van der Waals surface area contributed by atoms with E-state index in [0.29, 0.717) is 11.1 Å². The monoisotopic (exact) mass is 173 g/mol. The van der Waals surface area contributed by atoms with Crippen molar-refractivity contribution in [1.29, 1.82) is 0 Å². The molecule has 5 heteroatoms. The van der Waals surface area contributed by atoms with Crippen LogP contribution in [0.1, 0.15) is 12.8 Å². The molecule has 0 aliphatic carbocycles. The maximum Gasteiger partial charge on any atom is 0.276 e. The van der Waals surface area contributed by atoms with E-state index in [0.717, 1.165) is 5.75 Å². The van der Waals surface area contributed by atoms with Gasteiger partial charge < -0.3 is 10.2 Å². The number of nitrogens with zero attached hydrogens (tertiary/aromatic N) is 2. The van der Waals surface area contributed by atoms with Gasteiger partial charge in [0.05, 0.1) is 0 Å². The highest BCUT2D eigenvalue weighted by atomic mass is 32.2. The molecule has 1 aromatic heterocycles. The molecule has 0 saturated heterocycles. The molecule has 11 heavy (non-hydrogen) atoms. The van der Waals surface area contributed by atoms with Crippen molar-refractivity contribution in [1.82, 2.24) is 10.2 Å². The maximum atomic E-state index is 5.54. The summed E-state index contributed by atoms with van der Waals surface area (Å²) in [4.78, 5) is 0. The molecule has 1 aromatic rings. The van der Waals surface area contributed by atoms with Crippen LogP contribution in [0.2, 0.25) is 0 Å². The number of rotatable bonds is 3. The van der Waals surface area contributed by atoms with Gasteiger partial charge in [-0.1, -0.05) is 11.8 Å². The molecule has 0 aliphatic heterocycles. The Bertz CT molecular complexity index is 223. The van der Waals surface area contributed by atoms with Gasteiger partial charge in [0.2, 0.25) is 5.89 Å². The molecule has 1 rings (SSSR count). The van der Waals surface area contributed by atoms with Gasteiger partial charge in [-0.25, -0.2) is 0 Å². The van der Waals surface area contributed by atoms with Crippen molar-refractivity contribution in [3.8, 4) is 0 Å². The number of aryl methyl sites for hydroxylation is 1. The van der Waals surface area contributed by atoms with Crippen LogP contribution in [0.5, 0.6) is 0 Å². The molecule has 0 aliphatic rings. The highest BCUT2D eigenvalue weighted by molar-refractivity contribution is 7.99. The van der Waals surface area contributed by atoms with Crippen LogP contribution in [0.15, 0.2) is 9.64 Å². The normalized spacial score (nSPS) is 13.4. The fourth-order valence-corrected chi connectivity index (χ4v) is 1.22. The SMILES string of the molecule is Cc1nnc(SC[C@@H](C)N)o1. The van der Waals surface area contributed by atoms with Crippen molar-refractivity contribution in [3.05, 3.63) is 5.89 Å². The molecule has 1 atom stereocenters. The van der Waals surface area contributed by atoms with E-state index in [9.17, 15) is 0 Å². The summed E-state index contributed by atoms with van der Waals surface area (Å²) in [6.45, 7) is 3.71. The summed E-state index contributed by atoms with van der Waals surface area (Å²) in [6, 6.07) is 0.159. The third-order valence-corrected chi connectivity index (χ3v) is 2.08. The zero-order valence-electron chi connectivity index (χ0n) is 6.57. The summed E-state index contributed by atoms with van der Waals surface area (Å²) < 4.78 is 5.12. The van der Waals surface area contributed by atoms with Crippen LogP contribution in [-0.4, -0.2) is 22.0 Å². The minimum atomic E-state index is 0.159. The van der Waals surface area contributed by atoms with E-state index in [2.05, 4.69) is 10.2 Å². The molecule has 62 valence electrons. The van der Waals surface area contributed by atoms with Gasteiger partial charge >= 0.3 is 0 Å². The summed E-state index contributed by atoms with van der Waals surface area (Å²) in [5.74, 6) is 1.40. The van der Waals surface area contributed by atoms with Gasteiger partial charge in [0.15, 0.2) is 0 Å². The van der Waals surface area contributed by atoms with Crippen molar-refractivity contribution in [2.75, 3.05) is 5.75 Å². The van der Waals surface area contributed by atoms with Crippen LogP contribution in [0.25, 0.3) is 0 Å². The van der Waals surface area contributed by atoms with Crippen LogP contribution in [0, 0.1) is 6.92 Å². The van der Waals surface area contributed by atoms with Crippen LogP contribution in [-0.2, 0) is 0 Å². The van der Waals surface area contributed by atoms with Crippen molar-refractivity contribution < 1.29 is 4.42 Å². The molecule has 0 fully saturated rings. The second-order valence-corrected chi connectivity index (χ2v) is 3.35. The molecule has 0 unspecified atom stereocenters. The third kappa shape index (κ3) is 2.90. The molecule has 0 bridgehead atoms. The zero-order valence-corrected chi connectivity index (χ0v) is 7.39. The Labute approximate surface area is 69.6 Å². The first-order valence-corrected chi connectivity index (χ1v) is 4.35. The van der Waals surface area contributed by atoms with E-state index in [1.54, 1.807) is 6.92 Å². The number of thioether (sulfide) groups is 1. The number of nitrogens with two attached hydrogens (primary N) is 1. The molecular weight excluding hydrogens is 162 g/mol. The summed E-state index contributed by atoms with van der Waals surface area (Å²) in [7, 11) is 0. The molecule has 0 spiro atoms. The van der Waals surface area contributed by atoms with Crippen molar-refractivity contribution in [2.45, 2.75) is 25.1 Å². The topological polar surface area (TPSA) is 64.9 Å². The number of aromatic nitrogens is 2. The van der Waals surface area contributed by atoms with Crippen molar-refractivity contribution >= 4 is 11.8 Å². The average molecular weight is 173 g/mol. The summed E-state index contributed by atoms with van der Waals surface area (Å²) in [6.07, 6.45) is 0. The van der Waals surface area contributed by atoms with Gasteiger partial charge in [0.25, 0.3) is 5.22 Å². The summed E-state index contributed by atoms with van der Waals surface area (Å²) in [5.41, 5.74) is 5.54. The Balaban J connectivity index is 2.39. The number of hydrogen-bond donors (Lipinski definition) is 1. The third-order valence-electron chi connectivity index (χ3n) is 0.977. The van der Waals surface area contributed by atoms with Gasteiger partial charge in [0, 0.05) is 18.7 Å². The summed E-state index contributed by atoms with van der Waals surface area (Å²) >= 11 is 1.48. The standard InChI is InChI=1S/C6H11N3OS/c1-4(7)3-11-6-9-8-5(2)10-6/h4H,3,7H2,1-2H3/t4-/m1/s1. The van der Waals surface area contributed by atoms with Crippen LogP contribution >= 0.6 is 11.8 Å². The first-order valence-electron chi connectivity index (χ1n) is 3.37. The molecular formula is C6H11N3OS. The predicted molar refractivity (Wildman–Crippen MR) is 43.4 cm³/mol. The highest BCUT2D eigenvalue weighted by Crippen LogP contribution is 2.15. The molecule has 0 aromatic carbocycles. The minimum Gasteiger partial charge on any atom is -0.416 e. The van der Waals surface area contributed by atoms with Gasteiger partial charge in [-0.15, -0.1) is 10.2 Å². The Kier molecular flexibility index (Phi) is 2.90. The molecule has 0 amide bonds. The van der Waals surface area contributed by atoms with Crippen LogP contribution < -0.4 is 5.73 Å². The highest BCUT2D eigenvalue weighted by Gasteiger charge is 2.03. The fraction of sp³-hybridized carbons (Fsp3) is 0.667. The number of hydrogen-bond acceptors (Lipinski definition) is 5. The first kappa shape index (κ1) is 8.55. The lowest BCUT2D eigenvalue weighted by Crippen LogP contribution is -2.17. The van der Waals surface area contributed by atoms with Gasteiger partial charge in [0.1, 0.15) is 0 Å². The maximum absolute atomic E-state index is 5.54. The molecule has 0 radical (unpaired) electrons. The van der Waals surface area contributed by atoms with E-state index < -0.39 is 0 Å². The predicted octanol–water partition coefficient (Wildman–Crippen LogP) is 0.817. The minimum absolute atomic E-state index is 0.159. The quantitative estimate of drug-likeness (QED) is 0.685. The molecule has 4 nitrogen and oxygen atoms in total. The van der Waals surface area contributed by atoms with E-state index in [1.165, 1.54) is 11.8 Å². The lowest BCUT2D eigenvalue weighted by atomic mass is 10.4. The second-order valence-electron chi connectivity index (χ2n) is 2.38. The van der Waals surface area contributed by atoms with Crippen LogP contribution in [0.3, 0.4) is 0 Å². The van der Waals surface area contributed by atoms with Gasteiger partial charge in [-0.3, -0.25) is 0 Å². The molecule has 0 saturated carbocycles. The van der Waals surface area contributed by atoms with E-state index in [4.69, 9.17) is 10.2 Å². The second kappa shape index (κ2) is 3.73. The first-order chi connectivity index (χ1) is 5.18. The molecule has 2 N–H and O–H groups in total. The Hall–Kier alpha value is -0.550. The van der Waals surface area contributed by atoms with E-state index in [-0.39, 0.29) is 6.04 Å². The van der Waals surface area contributed by atoms with Crippen LogP contribution in [0.4, 0.5) is 0 Å². The smallest absolute Gasteiger partial charge is 0.276 e. The van der Waals surface area contributed by atoms with E-state index >= 15 is 0 Å². The summed E-state index contributed by atoms with van der Waals surface area (Å²) in [5, 5.41) is 8.09. The Morgan fingerprint density at radius 1 is 1.64 bits per heavy atom. The lowest BCUT2D eigenvalue weighted by molar-refractivity contribution is 0.429. The zero-order chi connectivity index (χ0) is 8.27. The fourth-order valence-electron chi connectivity index (χ4n) is 0.539.